The molecule has 1 fully saturated rings. The SMILES string of the molecule is COc1ccc(CN(C)CC(=O)NCC2CCCO2)cc1C. The lowest BCUT2D eigenvalue weighted by atomic mass is 10.1. The molecule has 1 amide bonds. The topological polar surface area (TPSA) is 50.8 Å². The summed E-state index contributed by atoms with van der Waals surface area (Å²) in [5.74, 6) is 0.934. The monoisotopic (exact) mass is 306 g/mol. The maximum atomic E-state index is 11.9. The summed E-state index contributed by atoms with van der Waals surface area (Å²) in [6, 6.07) is 6.10. The van der Waals surface area contributed by atoms with E-state index in [4.69, 9.17) is 9.47 Å². The Balaban J connectivity index is 1.75. The number of benzene rings is 1. The summed E-state index contributed by atoms with van der Waals surface area (Å²) in [6.07, 6.45) is 2.33. The molecule has 1 aromatic carbocycles. The van der Waals surface area contributed by atoms with Gasteiger partial charge in [0.1, 0.15) is 5.75 Å². The van der Waals surface area contributed by atoms with Crippen molar-refractivity contribution in [2.24, 2.45) is 0 Å². The second kappa shape index (κ2) is 8.15. The minimum absolute atomic E-state index is 0.0447. The lowest BCUT2D eigenvalue weighted by Crippen LogP contribution is -2.38. The number of methoxy groups -OCH3 is 1. The number of nitrogens with zero attached hydrogens (tertiary/aromatic N) is 1. The molecule has 1 unspecified atom stereocenters. The Kier molecular flexibility index (Phi) is 6.21. The molecule has 1 N–H and O–H groups in total. The smallest absolute Gasteiger partial charge is 0.234 e. The molecule has 2 rings (SSSR count). The third-order valence-electron chi connectivity index (χ3n) is 3.88. The van der Waals surface area contributed by atoms with E-state index >= 15 is 0 Å². The van der Waals surface area contributed by atoms with Crippen LogP contribution in [0.25, 0.3) is 0 Å². The van der Waals surface area contributed by atoms with Crippen LogP contribution in [0.3, 0.4) is 0 Å². The molecule has 1 heterocycles. The lowest BCUT2D eigenvalue weighted by molar-refractivity contribution is -0.122. The number of rotatable bonds is 7. The first-order valence-corrected chi connectivity index (χ1v) is 7.79. The molecular formula is C17H26N2O3. The van der Waals surface area contributed by atoms with Gasteiger partial charge >= 0.3 is 0 Å². The van der Waals surface area contributed by atoms with E-state index in [9.17, 15) is 4.79 Å². The van der Waals surface area contributed by atoms with Crippen LogP contribution in [-0.4, -0.2) is 50.8 Å². The number of ether oxygens (including phenoxy) is 2. The number of hydrogen-bond donors (Lipinski definition) is 1. The molecule has 22 heavy (non-hydrogen) atoms. The van der Waals surface area contributed by atoms with Crippen molar-refractivity contribution in [3.05, 3.63) is 29.3 Å². The van der Waals surface area contributed by atoms with Crippen molar-refractivity contribution in [2.75, 3.05) is 33.9 Å². The van der Waals surface area contributed by atoms with Crippen LogP contribution in [-0.2, 0) is 16.1 Å². The number of aryl methyl sites for hydroxylation is 1. The molecular weight excluding hydrogens is 280 g/mol. The molecule has 0 radical (unpaired) electrons. The van der Waals surface area contributed by atoms with E-state index in [-0.39, 0.29) is 12.0 Å². The zero-order valence-corrected chi connectivity index (χ0v) is 13.7. The summed E-state index contributed by atoms with van der Waals surface area (Å²) in [4.78, 5) is 13.9. The standard InChI is InChI=1S/C17H26N2O3/c1-13-9-14(6-7-16(13)21-3)11-19(2)12-17(20)18-10-15-5-4-8-22-15/h6-7,9,15H,4-5,8,10-12H2,1-3H3,(H,18,20). The highest BCUT2D eigenvalue weighted by Crippen LogP contribution is 2.19. The van der Waals surface area contributed by atoms with E-state index in [0.29, 0.717) is 13.1 Å². The van der Waals surface area contributed by atoms with Crippen molar-refractivity contribution < 1.29 is 14.3 Å². The Morgan fingerprint density at radius 1 is 1.50 bits per heavy atom. The van der Waals surface area contributed by atoms with E-state index in [2.05, 4.69) is 11.4 Å². The van der Waals surface area contributed by atoms with Crippen LogP contribution in [0.2, 0.25) is 0 Å². The van der Waals surface area contributed by atoms with Gasteiger partial charge in [-0.05, 0) is 44.0 Å². The fourth-order valence-electron chi connectivity index (χ4n) is 2.74. The van der Waals surface area contributed by atoms with Crippen LogP contribution >= 0.6 is 0 Å². The number of carbonyl (C=O) groups excluding carboxylic acids is 1. The number of nitrogens with one attached hydrogen (secondary N) is 1. The molecule has 0 aliphatic carbocycles. The third-order valence-corrected chi connectivity index (χ3v) is 3.88. The van der Waals surface area contributed by atoms with Gasteiger partial charge in [-0.15, -0.1) is 0 Å². The highest BCUT2D eigenvalue weighted by molar-refractivity contribution is 5.78. The van der Waals surface area contributed by atoms with Gasteiger partial charge in [0.25, 0.3) is 0 Å². The second-order valence-corrected chi connectivity index (χ2v) is 5.92. The van der Waals surface area contributed by atoms with Gasteiger partial charge in [0, 0.05) is 19.7 Å². The zero-order valence-electron chi connectivity index (χ0n) is 13.7. The van der Waals surface area contributed by atoms with Crippen molar-refractivity contribution in [3.63, 3.8) is 0 Å². The summed E-state index contributed by atoms with van der Waals surface area (Å²) >= 11 is 0. The van der Waals surface area contributed by atoms with Gasteiger partial charge in [-0.3, -0.25) is 9.69 Å². The molecule has 0 saturated carbocycles. The molecule has 0 bridgehead atoms. The number of hydrogen-bond acceptors (Lipinski definition) is 4. The lowest BCUT2D eigenvalue weighted by Gasteiger charge is -2.18. The van der Waals surface area contributed by atoms with Crippen molar-refractivity contribution in [2.45, 2.75) is 32.4 Å². The van der Waals surface area contributed by atoms with Gasteiger partial charge in [-0.2, -0.15) is 0 Å². The van der Waals surface area contributed by atoms with Gasteiger partial charge in [0.2, 0.25) is 5.91 Å². The van der Waals surface area contributed by atoms with Crippen LogP contribution in [0.4, 0.5) is 0 Å². The average Bonchev–Trinajstić information content (AvgIpc) is 2.98. The molecule has 1 atom stereocenters. The first kappa shape index (κ1) is 16.8. The highest BCUT2D eigenvalue weighted by atomic mass is 16.5. The number of amides is 1. The molecule has 1 aliphatic rings. The fourth-order valence-corrected chi connectivity index (χ4v) is 2.74. The summed E-state index contributed by atoms with van der Waals surface area (Å²) in [5, 5.41) is 2.95. The van der Waals surface area contributed by atoms with Crippen LogP contribution in [0.15, 0.2) is 18.2 Å². The minimum Gasteiger partial charge on any atom is -0.496 e. The van der Waals surface area contributed by atoms with Crippen molar-refractivity contribution in [1.29, 1.82) is 0 Å². The van der Waals surface area contributed by atoms with E-state index in [1.165, 1.54) is 5.56 Å². The molecule has 122 valence electrons. The van der Waals surface area contributed by atoms with Gasteiger partial charge < -0.3 is 14.8 Å². The molecule has 1 aromatic rings. The quantitative estimate of drug-likeness (QED) is 0.833. The van der Waals surface area contributed by atoms with E-state index < -0.39 is 0 Å². The van der Waals surface area contributed by atoms with Crippen molar-refractivity contribution >= 4 is 5.91 Å². The maximum Gasteiger partial charge on any atom is 0.234 e. The summed E-state index contributed by atoms with van der Waals surface area (Å²) in [5.41, 5.74) is 2.28. The Morgan fingerprint density at radius 2 is 2.32 bits per heavy atom. The highest BCUT2D eigenvalue weighted by Gasteiger charge is 2.16. The molecule has 0 aromatic heterocycles. The summed E-state index contributed by atoms with van der Waals surface area (Å²) in [7, 11) is 3.62. The normalized spacial score (nSPS) is 17.7. The van der Waals surface area contributed by atoms with Crippen LogP contribution < -0.4 is 10.1 Å². The minimum atomic E-state index is 0.0447. The van der Waals surface area contributed by atoms with E-state index in [1.807, 2.05) is 31.0 Å². The second-order valence-electron chi connectivity index (χ2n) is 5.92. The fraction of sp³-hybridized carbons (Fsp3) is 0.588. The molecule has 5 heteroatoms. The van der Waals surface area contributed by atoms with Crippen LogP contribution in [0.5, 0.6) is 5.75 Å². The van der Waals surface area contributed by atoms with Crippen molar-refractivity contribution in [1.82, 2.24) is 10.2 Å². The van der Waals surface area contributed by atoms with E-state index in [0.717, 1.165) is 37.3 Å². The Morgan fingerprint density at radius 3 is 2.95 bits per heavy atom. The van der Waals surface area contributed by atoms with Gasteiger partial charge in [-0.25, -0.2) is 0 Å². The Bertz CT molecular complexity index is 499. The zero-order chi connectivity index (χ0) is 15.9. The Labute approximate surface area is 132 Å². The molecule has 1 saturated heterocycles. The summed E-state index contributed by atoms with van der Waals surface area (Å²) in [6.45, 7) is 4.58. The number of likely N-dealkylation sites (N-methyl/N-ethyl adjacent to an activating group) is 1. The van der Waals surface area contributed by atoms with Gasteiger partial charge in [0.15, 0.2) is 0 Å². The third kappa shape index (κ3) is 5.00. The first-order valence-electron chi connectivity index (χ1n) is 7.79. The van der Waals surface area contributed by atoms with Crippen LogP contribution in [0.1, 0.15) is 24.0 Å². The van der Waals surface area contributed by atoms with Crippen LogP contribution in [0, 0.1) is 6.92 Å². The molecule has 1 aliphatic heterocycles. The largest absolute Gasteiger partial charge is 0.496 e. The average molecular weight is 306 g/mol. The Hall–Kier alpha value is -1.59. The molecule has 0 spiro atoms. The first-order chi connectivity index (χ1) is 10.6. The van der Waals surface area contributed by atoms with E-state index in [1.54, 1.807) is 7.11 Å². The predicted octanol–water partition coefficient (Wildman–Crippen LogP) is 1.73. The van der Waals surface area contributed by atoms with Crippen molar-refractivity contribution in [3.8, 4) is 5.75 Å². The molecule has 5 nitrogen and oxygen atoms in total. The number of carbonyl (C=O) groups is 1. The predicted molar refractivity (Wildman–Crippen MR) is 86.0 cm³/mol. The summed E-state index contributed by atoms with van der Waals surface area (Å²) < 4.78 is 10.8. The van der Waals surface area contributed by atoms with Gasteiger partial charge in [0.05, 0.1) is 19.8 Å². The maximum absolute atomic E-state index is 11.9. The van der Waals surface area contributed by atoms with Gasteiger partial charge in [-0.1, -0.05) is 12.1 Å².